The van der Waals surface area contributed by atoms with Gasteiger partial charge in [0, 0.05) is 20.8 Å². The standard InChI is InChI=1S/C9H14O6.C5H10O5/c1-6(10)13-4-9(15-8(3)12)5-14-7(2)11;6-1-2-3(7)4(8)5(9)10-2/h9H,4-5H2,1-3H3;2-9H,1H2/t;2-,3+,4-,5?/m.1/s1. The maximum absolute atomic E-state index is 10.6. The summed E-state index contributed by atoms with van der Waals surface area (Å²) < 4.78 is 18.6. The van der Waals surface area contributed by atoms with Gasteiger partial charge in [0.1, 0.15) is 31.5 Å². The highest BCUT2D eigenvalue weighted by molar-refractivity contribution is 5.67. The Bertz CT molecular complexity index is 420. The van der Waals surface area contributed by atoms with Crippen LogP contribution in [-0.2, 0) is 33.3 Å². The minimum absolute atomic E-state index is 0.123. The molecule has 1 rings (SSSR count). The Balaban J connectivity index is 0.000000496. The van der Waals surface area contributed by atoms with Crippen molar-refractivity contribution in [2.75, 3.05) is 19.8 Å². The summed E-state index contributed by atoms with van der Waals surface area (Å²) in [5.41, 5.74) is 0. The number of hydrogen-bond acceptors (Lipinski definition) is 11. The molecule has 1 aliphatic rings. The third-order valence-electron chi connectivity index (χ3n) is 2.79. The van der Waals surface area contributed by atoms with E-state index in [1.165, 1.54) is 20.8 Å². The first-order valence-electron chi connectivity index (χ1n) is 7.32. The van der Waals surface area contributed by atoms with Crippen LogP contribution in [0, 0.1) is 0 Å². The molecule has 4 N–H and O–H groups in total. The number of rotatable bonds is 6. The second-order valence-electron chi connectivity index (χ2n) is 5.07. The lowest BCUT2D eigenvalue weighted by Gasteiger charge is -2.15. The molecule has 0 aromatic carbocycles. The van der Waals surface area contributed by atoms with Crippen molar-refractivity contribution in [1.82, 2.24) is 0 Å². The topological polar surface area (TPSA) is 169 Å². The van der Waals surface area contributed by atoms with E-state index in [0.29, 0.717) is 0 Å². The van der Waals surface area contributed by atoms with Gasteiger partial charge < -0.3 is 39.4 Å². The molecule has 0 aromatic heterocycles. The molecular weight excluding hydrogens is 344 g/mol. The highest BCUT2D eigenvalue weighted by atomic mass is 16.6. The number of ether oxygens (including phenoxy) is 4. The fourth-order valence-corrected chi connectivity index (χ4v) is 1.65. The average Bonchev–Trinajstić information content (AvgIpc) is 2.77. The van der Waals surface area contributed by atoms with Crippen molar-refractivity contribution in [1.29, 1.82) is 0 Å². The first kappa shape index (κ1) is 23.2. The molecule has 4 atom stereocenters. The van der Waals surface area contributed by atoms with Crippen LogP contribution in [0.2, 0.25) is 0 Å². The Kier molecular flexibility index (Phi) is 10.9. The molecule has 0 aliphatic carbocycles. The summed E-state index contributed by atoms with van der Waals surface area (Å²) in [7, 11) is 0. The Morgan fingerprint density at radius 1 is 0.920 bits per heavy atom. The van der Waals surface area contributed by atoms with E-state index in [9.17, 15) is 14.4 Å². The first-order chi connectivity index (χ1) is 11.6. The van der Waals surface area contributed by atoms with Gasteiger partial charge in [0.2, 0.25) is 0 Å². The summed E-state index contributed by atoms with van der Waals surface area (Å²) in [6.07, 6.45) is -5.51. The zero-order valence-electron chi connectivity index (χ0n) is 14.2. The molecule has 0 aromatic rings. The van der Waals surface area contributed by atoms with Crippen molar-refractivity contribution in [2.45, 2.75) is 51.5 Å². The molecule has 11 heteroatoms. The molecule has 25 heavy (non-hydrogen) atoms. The second kappa shape index (κ2) is 11.7. The van der Waals surface area contributed by atoms with Crippen molar-refractivity contribution in [3.05, 3.63) is 0 Å². The summed E-state index contributed by atoms with van der Waals surface area (Å²) in [6.45, 7) is 3.03. The quantitative estimate of drug-likeness (QED) is 0.288. The van der Waals surface area contributed by atoms with Crippen molar-refractivity contribution >= 4 is 17.9 Å². The van der Waals surface area contributed by atoms with Crippen LogP contribution in [0.3, 0.4) is 0 Å². The maximum atomic E-state index is 10.6. The normalized spacial score (nSPS) is 25.0. The van der Waals surface area contributed by atoms with Crippen molar-refractivity contribution in [2.24, 2.45) is 0 Å². The molecule has 1 aliphatic heterocycles. The van der Waals surface area contributed by atoms with Gasteiger partial charge in [-0.25, -0.2) is 0 Å². The monoisotopic (exact) mass is 368 g/mol. The Morgan fingerprint density at radius 3 is 1.64 bits per heavy atom. The Labute approximate surface area is 144 Å². The van der Waals surface area contributed by atoms with Gasteiger partial charge in [-0.1, -0.05) is 0 Å². The molecule has 1 heterocycles. The number of hydrogen-bond donors (Lipinski definition) is 4. The van der Waals surface area contributed by atoms with Crippen LogP contribution in [0.4, 0.5) is 0 Å². The average molecular weight is 368 g/mol. The van der Waals surface area contributed by atoms with Gasteiger partial charge in [-0.05, 0) is 0 Å². The Hall–Kier alpha value is -1.79. The number of esters is 3. The molecule has 1 unspecified atom stereocenters. The molecule has 1 saturated heterocycles. The van der Waals surface area contributed by atoms with Gasteiger partial charge in [0.05, 0.1) is 6.61 Å². The van der Waals surface area contributed by atoms with Crippen LogP contribution >= 0.6 is 0 Å². The van der Waals surface area contributed by atoms with Gasteiger partial charge in [-0.2, -0.15) is 0 Å². The minimum atomic E-state index is -1.38. The fourth-order valence-electron chi connectivity index (χ4n) is 1.65. The molecule has 0 spiro atoms. The maximum Gasteiger partial charge on any atom is 0.303 e. The molecule has 0 radical (unpaired) electrons. The van der Waals surface area contributed by atoms with E-state index in [-0.39, 0.29) is 13.2 Å². The minimum Gasteiger partial charge on any atom is -0.462 e. The van der Waals surface area contributed by atoms with Crippen LogP contribution in [-0.4, -0.2) is 88.9 Å². The summed E-state index contributed by atoms with van der Waals surface area (Å²) >= 11 is 0. The highest BCUT2D eigenvalue weighted by Crippen LogP contribution is 2.18. The number of aliphatic hydroxyl groups is 4. The van der Waals surface area contributed by atoms with E-state index < -0.39 is 55.2 Å². The third kappa shape index (κ3) is 9.94. The van der Waals surface area contributed by atoms with Gasteiger partial charge in [0.15, 0.2) is 12.4 Å². The van der Waals surface area contributed by atoms with Gasteiger partial charge in [-0.3, -0.25) is 14.4 Å². The lowest BCUT2D eigenvalue weighted by Crippen LogP contribution is -2.33. The zero-order chi connectivity index (χ0) is 19.6. The molecule has 0 amide bonds. The fraction of sp³-hybridized carbons (Fsp3) is 0.786. The van der Waals surface area contributed by atoms with E-state index >= 15 is 0 Å². The SMILES string of the molecule is CC(=O)OCC(COC(C)=O)OC(C)=O.OC[C@H]1OC(O)[C@H](O)[C@H]1O. The summed E-state index contributed by atoms with van der Waals surface area (Å²) in [5, 5.41) is 35.0. The third-order valence-corrected chi connectivity index (χ3v) is 2.79. The summed E-state index contributed by atoms with van der Waals surface area (Å²) in [6, 6.07) is 0. The van der Waals surface area contributed by atoms with Crippen LogP contribution in [0.15, 0.2) is 0 Å². The predicted molar refractivity (Wildman–Crippen MR) is 78.8 cm³/mol. The van der Waals surface area contributed by atoms with E-state index in [4.69, 9.17) is 25.2 Å². The summed E-state index contributed by atoms with van der Waals surface area (Å²) in [5.74, 6) is -1.51. The number of carbonyl (C=O) groups excluding carboxylic acids is 3. The lowest BCUT2D eigenvalue weighted by molar-refractivity contribution is -0.163. The molecular formula is C14H24O11. The number of aliphatic hydroxyl groups excluding tert-OH is 4. The van der Waals surface area contributed by atoms with Crippen LogP contribution in [0.1, 0.15) is 20.8 Å². The second-order valence-corrected chi connectivity index (χ2v) is 5.07. The molecule has 0 saturated carbocycles. The molecule has 1 fully saturated rings. The van der Waals surface area contributed by atoms with Crippen LogP contribution in [0.25, 0.3) is 0 Å². The van der Waals surface area contributed by atoms with E-state index in [1.54, 1.807) is 0 Å². The van der Waals surface area contributed by atoms with Crippen LogP contribution < -0.4 is 0 Å². The summed E-state index contributed by atoms with van der Waals surface area (Å²) in [4.78, 5) is 31.6. The van der Waals surface area contributed by atoms with Crippen molar-refractivity contribution in [3.63, 3.8) is 0 Å². The predicted octanol–water partition coefficient (Wildman–Crippen LogP) is -2.54. The first-order valence-corrected chi connectivity index (χ1v) is 7.32. The molecule has 0 bridgehead atoms. The lowest BCUT2D eigenvalue weighted by atomic mass is 10.1. The van der Waals surface area contributed by atoms with E-state index in [1.807, 2.05) is 0 Å². The van der Waals surface area contributed by atoms with Crippen molar-refractivity contribution in [3.8, 4) is 0 Å². The van der Waals surface area contributed by atoms with E-state index in [0.717, 1.165) is 0 Å². The smallest absolute Gasteiger partial charge is 0.303 e. The van der Waals surface area contributed by atoms with Gasteiger partial charge in [-0.15, -0.1) is 0 Å². The van der Waals surface area contributed by atoms with Crippen molar-refractivity contribution < 1.29 is 53.8 Å². The Morgan fingerprint density at radius 2 is 1.40 bits per heavy atom. The highest BCUT2D eigenvalue weighted by Gasteiger charge is 2.41. The largest absolute Gasteiger partial charge is 0.462 e. The zero-order valence-corrected chi connectivity index (χ0v) is 14.2. The molecule has 11 nitrogen and oxygen atoms in total. The van der Waals surface area contributed by atoms with Gasteiger partial charge in [0.25, 0.3) is 0 Å². The molecule has 146 valence electrons. The number of carbonyl (C=O) groups is 3. The van der Waals surface area contributed by atoms with Crippen LogP contribution in [0.5, 0.6) is 0 Å². The van der Waals surface area contributed by atoms with E-state index in [2.05, 4.69) is 14.2 Å². The van der Waals surface area contributed by atoms with Gasteiger partial charge >= 0.3 is 17.9 Å².